The van der Waals surface area contributed by atoms with Crippen molar-refractivity contribution in [3.63, 3.8) is 0 Å². The van der Waals surface area contributed by atoms with Crippen molar-refractivity contribution < 1.29 is 0 Å². The van der Waals surface area contributed by atoms with Crippen molar-refractivity contribution in [2.24, 2.45) is 0 Å². The smallest absolute Gasteiger partial charge is 0.0299 e. The zero-order chi connectivity index (χ0) is 9.64. The molecule has 1 nitrogen and oxygen atoms in total. The van der Waals surface area contributed by atoms with Gasteiger partial charge < -0.3 is 0 Å². The fraction of sp³-hybridized carbons (Fsp3) is 0.154. The van der Waals surface area contributed by atoms with Gasteiger partial charge in [0.05, 0.1) is 0 Å². The van der Waals surface area contributed by atoms with E-state index in [4.69, 9.17) is 0 Å². The molecular weight excluding hydrogens is 170 g/mol. The van der Waals surface area contributed by atoms with Crippen LogP contribution in [0.5, 0.6) is 0 Å². The largest absolute Gasteiger partial charge is 0.264 e. The second kappa shape index (κ2) is 4.56. The first-order valence-corrected chi connectivity index (χ1v) is 4.88. The van der Waals surface area contributed by atoms with Crippen LogP contribution in [0.4, 0.5) is 0 Å². The van der Waals surface area contributed by atoms with Gasteiger partial charge in [-0.05, 0) is 30.0 Å². The Kier molecular flexibility index (Phi) is 2.92. The fourth-order valence-corrected chi connectivity index (χ4v) is 1.48. The predicted octanol–water partition coefficient (Wildman–Crippen LogP) is 2.87. The number of nitrogens with zero attached hydrogens (tertiary/aromatic N) is 1. The summed E-state index contributed by atoms with van der Waals surface area (Å²) in [5.41, 5.74) is 2.69. The van der Waals surface area contributed by atoms with Crippen LogP contribution in [0.15, 0.2) is 54.9 Å². The number of hydrogen-bond acceptors (Lipinski definition) is 1. The van der Waals surface area contributed by atoms with Crippen LogP contribution >= 0.6 is 0 Å². The average molecular weight is 183 g/mol. The van der Waals surface area contributed by atoms with Gasteiger partial charge in [-0.15, -0.1) is 0 Å². The minimum Gasteiger partial charge on any atom is -0.264 e. The molecule has 1 heterocycles. The predicted molar refractivity (Wildman–Crippen MR) is 58.1 cm³/mol. The first kappa shape index (κ1) is 8.95. The van der Waals surface area contributed by atoms with Crippen molar-refractivity contribution in [1.82, 2.24) is 4.98 Å². The van der Waals surface area contributed by atoms with Crippen molar-refractivity contribution in [3.8, 4) is 0 Å². The third-order valence-corrected chi connectivity index (χ3v) is 2.27. The van der Waals surface area contributed by atoms with Crippen molar-refractivity contribution in [1.29, 1.82) is 0 Å². The summed E-state index contributed by atoms with van der Waals surface area (Å²) in [6, 6.07) is 14.6. The summed E-state index contributed by atoms with van der Waals surface area (Å²) in [5.74, 6) is 0. The molecule has 0 aliphatic heterocycles. The van der Waals surface area contributed by atoms with E-state index in [9.17, 15) is 0 Å². The highest BCUT2D eigenvalue weighted by atomic mass is 14.6. The molecule has 0 amide bonds. The molecule has 2 aromatic rings. The topological polar surface area (TPSA) is 12.9 Å². The SMILES string of the molecule is c1ccc(CCc2cccnc2)cc1. The first-order chi connectivity index (χ1) is 6.95. The Balaban J connectivity index is 1.96. The highest BCUT2D eigenvalue weighted by Gasteiger charge is 1.93. The normalized spacial score (nSPS) is 10.0. The maximum absolute atomic E-state index is 4.10. The van der Waals surface area contributed by atoms with Gasteiger partial charge in [0.15, 0.2) is 0 Å². The lowest BCUT2D eigenvalue weighted by molar-refractivity contribution is 0.950. The van der Waals surface area contributed by atoms with Crippen molar-refractivity contribution in [3.05, 3.63) is 66.0 Å². The number of rotatable bonds is 3. The minimum atomic E-state index is 1.07. The van der Waals surface area contributed by atoms with Gasteiger partial charge >= 0.3 is 0 Å². The number of pyridine rings is 1. The zero-order valence-corrected chi connectivity index (χ0v) is 8.06. The summed E-state index contributed by atoms with van der Waals surface area (Å²) in [6.45, 7) is 0. The molecule has 1 aromatic heterocycles. The van der Waals surface area contributed by atoms with E-state index in [0.29, 0.717) is 0 Å². The second-order valence-electron chi connectivity index (χ2n) is 3.35. The molecule has 0 saturated carbocycles. The van der Waals surface area contributed by atoms with Gasteiger partial charge in [-0.2, -0.15) is 0 Å². The van der Waals surface area contributed by atoms with Gasteiger partial charge in [0, 0.05) is 12.4 Å². The van der Waals surface area contributed by atoms with Crippen LogP contribution in [0.1, 0.15) is 11.1 Å². The average Bonchev–Trinajstić information content (AvgIpc) is 2.29. The van der Waals surface area contributed by atoms with E-state index in [1.807, 2.05) is 24.5 Å². The molecule has 2 rings (SSSR count). The highest BCUT2D eigenvalue weighted by molar-refractivity contribution is 5.17. The summed E-state index contributed by atoms with van der Waals surface area (Å²) in [4.78, 5) is 4.10. The second-order valence-corrected chi connectivity index (χ2v) is 3.35. The summed E-state index contributed by atoms with van der Waals surface area (Å²) < 4.78 is 0. The number of hydrogen-bond donors (Lipinski definition) is 0. The van der Waals surface area contributed by atoms with Crippen LogP contribution in [0.3, 0.4) is 0 Å². The molecule has 0 fully saturated rings. The molecule has 0 saturated heterocycles. The van der Waals surface area contributed by atoms with Crippen molar-refractivity contribution >= 4 is 0 Å². The van der Waals surface area contributed by atoms with E-state index in [1.54, 1.807) is 0 Å². The molecule has 1 aromatic carbocycles. The van der Waals surface area contributed by atoms with Gasteiger partial charge in [0.2, 0.25) is 0 Å². The van der Waals surface area contributed by atoms with E-state index < -0.39 is 0 Å². The molecule has 1 heteroatoms. The molecule has 70 valence electrons. The Labute approximate surface area is 84.4 Å². The molecular formula is C13H13N. The third kappa shape index (κ3) is 2.43. The number of aromatic nitrogens is 1. The molecule has 0 bridgehead atoms. The van der Waals surface area contributed by atoms with Gasteiger partial charge in [0.1, 0.15) is 0 Å². The fourth-order valence-electron chi connectivity index (χ4n) is 1.48. The van der Waals surface area contributed by atoms with E-state index >= 15 is 0 Å². The summed E-state index contributed by atoms with van der Waals surface area (Å²) >= 11 is 0. The van der Waals surface area contributed by atoms with Crippen LogP contribution in [-0.4, -0.2) is 4.98 Å². The van der Waals surface area contributed by atoms with E-state index in [0.717, 1.165) is 12.8 Å². The Hall–Kier alpha value is -1.63. The van der Waals surface area contributed by atoms with Crippen LogP contribution in [0.25, 0.3) is 0 Å². The standard InChI is InChI=1S/C13H13N/c1-2-5-12(6-3-1)8-9-13-7-4-10-14-11-13/h1-7,10-11H,8-9H2. The lowest BCUT2D eigenvalue weighted by atomic mass is 10.1. The summed E-state index contributed by atoms with van der Waals surface area (Å²) in [7, 11) is 0. The van der Waals surface area contributed by atoms with E-state index in [-0.39, 0.29) is 0 Å². The molecule has 0 aliphatic carbocycles. The third-order valence-electron chi connectivity index (χ3n) is 2.27. The zero-order valence-electron chi connectivity index (χ0n) is 8.06. The number of benzene rings is 1. The minimum absolute atomic E-state index is 1.07. The molecule has 0 radical (unpaired) electrons. The molecule has 0 spiro atoms. The van der Waals surface area contributed by atoms with Crippen LogP contribution < -0.4 is 0 Å². The molecule has 0 aliphatic rings. The van der Waals surface area contributed by atoms with Gasteiger partial charge in [-0.25, -0.2) is 0 Å². The Morgan fingerprint density at radius 1 is 0.786 bits per heavy atom. The van der Waals surface area contributed by atoms with Crippen molar-refractivity contribution in [2.75, 3.05) is 0 Å². The van der Waals surface area contributed by atoms with Crippen molar-refractivity contribution in [2.45, 2.75) is 12.8 Å². The number of aryl methyl sites for hydroxylation is 2. The Morgan fingerprint density at radius 2 is 1.50 bits per heavy atom. The van der Waals surface area contributed by atoms with Gasteiger partial charge in [0.25, 0.3) is 0 Å². The quantitative estimate of drug-likeness (QED) is 0.713. The van der Waals surface area contributed by atoms with E-state index in [1.165, 1.54) is 11.1 Å². The van der Waals surface area contributed by atoms with E-state index in [2.05, 4.69) is 35.3 Å². The summed E-state index contributed by atoms with van der Waals surface area (Å²) in [5, 5.41) is 0. The summed E-state index contributed by atoms with van der Waals surface area (Å²) in [6.07, 6.45) is 5.90. The van der Waals surface area contributed by atoms with Crippen LogP contribution in [0, 0.1) is 0 Å². The Bertz CT molecular complexity index is 327. The van der Waals surface area contributed by atoms with Gasteiger partial charge in [-0.1, -0.05) is 36.4 Å². The first-order valence-electron chi connectivity index (χ1n) is 4.88. The monoisotopic (exact) mass is 183 g/mol. The maximum Gasteiger partial charge on any atom is 0.0299 e. The van der Waals surface area contributed by atoms with Crippen LogP contribution in [-0.2, 0) is 12.8 Å². The van der Waals surface area contributed by atoms with Crippen LogP contribution in [0.2, 0.25) is 0 Å². The highest BCUT2D eigenvalue weighted by Crippen LogP contribution is 2.05. The molecule has 14 heavy (non-hydrogen) atoms. The molecule has 0 atom stereocenters. The Morgan fingerprint density at radius 3 is 2.21 bits per heavy atom. The maximum atomic E-state index is 4.10. The van der Waals surface area contributed by atoms with Gasteiger partial charge in [-0.3, -0.25) is 4.98 Å². The lowest BCUT2D eigenvalue weighted by Gasteiger charge is -2.00. The molecule has 0 N–H and O–H groups in total. The lowest BCUT2D eigenvalue weighted by Crippen LogP contribution is -1.90. The molecule has 0 unspecified atom stereocenters.